The van der Waals surface area contributed by atoms with Crippen LogP contribution in [0.15, 0.2) is 48.5 Å². The molecule has 3 aromatic rings. The molecule has 4 aliphatic heterocycles. The van der Waals surface area contributed by atoms with Gasteiger partial charge in [-0.3, -0.25) is 9.59 Å². The average molecular weight is 625 g/mol. The summed E-state index contributed by atoms with van der Waals surface area (Å²) in [5, 5.41) is 2.86. The largest absolute Gasteiger partial charge is 0.482 e. The van der Waals surface area contributed by atoms with Crippen LogP contribution in [-0.2, 0) is 32.1 Å². The standard InChI is InChI=1S/C35H36N3O6.C2H6/c1-3-36-15-5-7-23-17-26-30(19-28(23)36)43-31-20-29-24(8-6-16-37(29)4-2)18-27(31)35(26)22-9-11-25(12-10-22)42-21-34(41)44-38-32(39)13-14-33(38)40;1-2/h9-12,17-20H,3-8,13-16,21H2,1-2H3;1-2H3/q+1;. The topological polar surface area (TPSA) is 88.4 Å². The molecule has 46 heavy (non-hydrogen) atoms. The van der Waals surface area contributed by atoms with E-state index in [9.17, 15) is 14.4 Å². The van der Waals surface area contributed by atoms with Crippen LogP contribution in [0, 0.1) is 0 Å². The van der Waals surface area contributed by atoms with E-state index < -0.39 is 24.4 Å². The van der Waals surface area contributed by atoms with Gasteiger partial charge < -0.3 is 19.2 Å². The Morgan fingerprint density at radius 2 is 1.63 bits per heavy atom. The SMILES string of the molecule is CC.CCN1CCCc2cc3c(cc21)Oc1cc2c(cc1=C3c1ccc(OCC(=O)ON3C(=O)CCC3=O)cc1)CCC[N+]=2CC. The molecule has 0 N–H and O–H groups in total. The maximum atomic E-state index is 12.3. The molecule has 0 aromatic heterocycles. The highest BCUT2D eigenvalue weighted by atomic mass is 16.7. The summed E-state index contributed by atoms with van der Waals surface area (Å²) in [5.41, 5.74) is 7.14. The number of hydroxylamine groups is 2. The minimum atomic E-state index is -0.809. The Labute approximate surface area is 269 Å². The fourth-order valence-corrected chi connectivity index (χ4v) is 6.82. The fraction of sp³-hybridized carbons (Fsp3) is 0.405. The lowest BCUT2D eigenvalue weighted by molar-refractivity contribution is -0.198. The number of benzene rings is 3. The minimum Gasteiger partial charge on any atom is -0.482 e. The predicted molar refractivity (Wildman–Crippen MR) is 175 cm³/mol. The maximum Gasteiger partial charge on any atom is 0.370 e. The summed E-state index contributed by atoms with van der Waals surface area (Å²) in [7, 11) is 0. The first-order valence-electron chi connectivity index (χ1n) is 16.6. The Balaban J connectivity index is 0.00000182. The van der Waals surface area contributed by atoms with Crippen molar-refractivity contribution < 1.29 is 28.7 Å². The summed E-state index contributed by atoms with van der Waals surface area (Å²) in [5.74, 6) is 0.351. The van der Waals surface area contributed by atoms with Gasteiger partial charge in [0.05, 0.1) is 6.07 Å². The first kappa shape index (κ1) is 31.3. The smallest absolute Gasteiger partial charge is 0.370 e. The van der Waals surface area contributed by atoms with Gasteiger partial charge >= 0.3 is 5.97 Å². The Morgan fingerprint density at radius 1 is 0.891 bits per heavy atom. The molecule has 0 unspecified atom stereocenters. The normalized spacial score (nSPS) is 16.4. The molecular formula is C37H42N3O6+. The van der Waals surface area contributed by atoms with Crippen LogP contribution in [0.2, 0.25) is 0 Å². The molecule has 0 atom stereocenters. The molecule has 0 radical (unpaired) electrons. The van der Waals surface area contributed by atoms with Crippen LogP contribution in [0.5, 0.6) is 17.2 Å². The Kier molecular flexibility index (Phi) is 9.10. The highest BCUT2D eigenvalue weighted by Crippen LogP contribution is 2.42. The summed E-state index contributed by atoms with van der Waals surface area (Å²) in [6.07, 6.45) is 4.41. The summed E-state index contributed by atoms with van der Waals surface area (Å²) in [4.78, 5) is 43.1. The van der Waals surface area contributed by atoms with Gasteiger partial charge in [0, 0.05) is 66.0 Å². The van der Waals surface area contributed by atoms with E-state index in [0.717, 1.165) is 85.3 Å². The van der Waals surface area contributed by atoms with Crippen molar-refractivity contribution in [2.45, 2.75) is 66.2 Å². The van der Waals surface area contributed by atoms with Gasteiger partial charge in [0.2, 0.25) is 5.36 Å². The summed E-state index contributed by atoms with van der Waals surface area (Å²) < 4.78 is 14.8. The van der Waals surface area contributed by atoms with E-state index in [1.807, 2.05) is 38.1 Å². The number of carbonyl (C=O) groups is 3. The average Bonchev–Trinajstić information content (AvgIpc) is 3.40. The van der Waals surface area contributed by atoms with Crippen LogP contribution < -0.4 is 29.5 Å². The number of ether oxygens (including phenoxy) is 2. The van der Waals surface area contributed by atoms with Crippen LogP contribution in [0.3, 0.4) is 0 Å². The molecule has 1 fully saturated rings. The van der Waals surface area contributed by atoms with Crippen molar-refractivity contribution >= 4 is 29.0 Å². The molecule has 0 saturated carbocycles. The first-order chi connectivity index (χ1) is 22.4. The van der Waals surface area contributed by atoms with E-state index in [-0.39, 0.29) is 12.8 Å². The Hall–Kier alpha value is -4.66. The molecule has 9 heteroatoms. The number of aryl methyl sites for hydroxylation is 2. The third-order valence-electron chi connectivity index (χ3n) is 9.01. The number of rotatable bonds is 7. The van der Waals surface area contributed by atoms with Crippen LogP contribution in [-0.4, -0.2) is 55.6 Å². The third kappa shape index (κ3) is 5.86. The lowest BCUT2D eigenvalue weighted by Crippen LogP contribution is -2.39. The number of amides is 2. The van der Waals surface area contributed by atoms with E-state index >= 15 is 0 Å². The monoisotopic (exact) mass is 624 g/mol. The van der Waals surface area contributed by atoms with Gasteiger partial charge in [-0.15, -0.1) is 5.06 Å². The molecule has 1 saturated heterocycles. The van der Waals surface area contributed by atoms with Gasteiger partial charge in [-0.2, -0.15) is 0 Å². The van der Waals surface area contributed by atoms with E-state index in [4.69, 9.17) is 14.3 Å². The maximum absolute atomic E-state index is 12.3. The molecular weight excluding hydrogens is 582 g/mol. The van der Waals surface area contributed by atoms with E-state index in [0.29, 0.717) is 10.8 Å². The Morgan fingerprint density at radius 3 is 2.35 bits per heavy atom. The van der Waals surface area contributed by atoms with Crippen molar-refractivity contribution in [2.75, 3.05) is 37.7 Å². The molecule has 7 rings (SSSR count). The van der Waals surface area contributed by atoms with Gasteiger partial charge in [0.15, 0.2) is 6.61 Å². The van der Waals surface area contributed by atoms with Gasteiger partial charge in [-0.25, -0.2) is 9.37 Å². The van der Waals surface area contributed by atoms with Crippen molar-refractivity contribution in [3.8, 4) is 17.2 Å². The van der Waals surface area contributed by atoms with E-state index in [1.54, 1.807) is 0 Å². The van der Waals surface area contributed by atoms with Crippen molar-refractivity contribution in [1.29, 1.82) is 0 Å². The van der Waals surface area contributed by atoms with Gasteiger partial charge in [-0.05, 0) is 68.5 Å². The zero-order chi connectivity index (χ0) is 32.4. The number of imide groups is 1. The Bertz CT molecular complexity index is 1800. The number of nitrogens with zero attached hydrogens (tertiary/aromatic N) is 3. The second-order valence-electron chi connectivity index (χ2n) is 11.7. The molecule has 0 aliphatic carbocycles. The van der Waals surface area contributed by atoms with Crippen molar-refractivity contribution in [2.24, 2.45) is 0 Å². The minimum absolute atomic E-state index is 0.0455. The highest BCUT2D eigenvalue weighted by Gasteiger charge is 2.33. The molecule has 240 valence electrons. The zero-order valence-electron chi connectivity index (χ0n) is 27.2. The first-order valence-corrected chi connectivity index (χ1v) is 16.6. The van der Waals surface area contributed by atoms with E-state index in [2.05, 4.69) is 47.6 Å². The number of fused-ring (bicyclic) bond motifs is 4. The van der Waals surface area contributed by atoms with Crippen LogP contribution in [0.1, 0.15) is 75.6 Å². The third-order valence-corrected chi connectivity index (χ3v) is 9.01. The second-order valence-corrected chi connectivity index (χ2v) is 11.7. The van der Waals surface area contributed by atoms with Crippen LogP contribution >= 0.6 is 0 Å². The zero-order valence-corrected chi connectivity index (χ0v) is 27.2. The molecule has 2 amide bonds. The number of hydrogen-bond acceptors (Lipinski definition) is 7. The molecule has 4 aliphatic rings. The lowest BCUT2D eigenvalue weighted by atomic mass is 9.88. The molecule has 3 aromatic carbocycles. The number of carbonyl (C=O) groups excluding carboxylic acids is 3. The van der Waals surface area contributed by atoms with Crippen molar-refractivity contribution in [3.05, 3.63) is 81.4 Å². The van der Waals surface area contributed by atoms with Crippen LogP contribution in [0.25, 0.3) is 5.57 Å². The van der Waals surface area contributed by atoms with E-state index in [1.165, 1.54) is 22.2 Å². The molecule has 0 bridgehead atoms. The fourth-order valence-electron chi connectivity index (χ4n) is 6.82. The van der Waals surface area contributed by atoms with Crippen molar-refractivity contribution in [3.63, 3.8) is 0 Å². The van der Waals surface area contributed by atoms with Crippen LogP contribution in [0.4, 0.5) is 5.69 Å². The number of hydrogen-bond donors (Lipinski definition) is 0. The summed E-state index contributed by atoms with van der Waals surface area (Å²) in [6, 6.07) is 16.7. The van der Waals surface area contributed by atoms with Gasteiger partial charge in [0.1, 0.15) is 30.3 Å². The van der Waals surface area contributed by atoms with Crippen molar-refractivity contribution in [1.82, 2.24) is 9.64 Å². The van der Waals surface area contributed by atoms with Gasteiger partial charge in [0.25, 0.3) is 11.8 Å². The molecule has 0 spiro atoms. The predicted octanol–water partition coefficient (Wildman–Crippen LogP) is 4.28. The number of anilines is 1. The summed E-state index contributed by atoms with van der Waals surface area (Å²) in [6.45, 7) is 12.0. The summed E-state index contributed by atoms with van der Waals surface area (Å²) >= 11 is 0. The quantitative estimate of drug-likeness (QED) is 0.224. The lowest BCUT2D eigenvalue weighted by Gasteiger charge is -2.32. The molecule has 4 heterocycles. The van der Waals surface area contributed by atoms with Gasteiger partial charge in [-0.1, -0.05) is 26.0 Å². The second kappa shape index (κ2) is 13.4. The highest BCUT2D eigenvalue weighted by molar-refractivity contribution is 6.01. The molecule has 9 nitrogen and oxygen atoms in total.